The third-order valence-electron chi connectivity index (χ3n) is 4.18. The zero-order valence-electron chi connectivity index (χ0n) is 11.4. The Labute approximate surface area is 125 Å². The Balaban J connectivity index is 1.66. The van der Waals surface area contributed by atoms with Crippen LogP contribution >= 0.6 is 12.6 Å². The molecule has 0 unspecified atom stereocenters. The molecule has 0 atom stereocenters. The van der Waals surface area contributed by atoms with E-state index in [1.54, 1.807) is 0 Å². The quantitative estimate of drug-likeness (QED) is 0.808. The molecule has 1 amide bonds. The maximum absolute atomic E-state index is 12.0. The topological polar surface area (TPSA) is 29.1 Å². The molecule has 20 heavy (non-hydrogen) atoms. The number of nitrogens with one attached hydrogen (secondary N) is 1. The molecule has 1 aliphatic carbocycles. The molecule has 1 saturated carbocycles. The van der Waals surface area contributed by atoms with E-state index in [0.717, 1.165) is 18.6 Å². The van der Waals surface area contributed by atoms with E-state index < -0.39 is 0 Å². The number of fused-ring (bicyclic) bond motifs is 1. The molecule has 1 fully saturated rings. The fraction of sp³-hybridized carbons (Fsp3) is 0.353. The van der Waals surface area contributed by atoms with E-state index in [-0.39, 0.29) is 11.3 Å². The van der Waals surface area contributed by atoms with Crippen LogP contribution in [-0.2, 0) is 11.3 Å². The molecule has 3 rings (SSSR count). The summed E-state index contributed by atoms with van der Waals surface area (Å²) in [6, 6.07) is 14.5. The average Bonchev–Trinajstić information content (AvgIpc) is 3.25. The largest absolute Gasteiger partial charge is 0.352 e. The Morgan fingerprint density at radius 2 is 1.90 bits per heavy atom. The second-order valence-electron chi connectivity index (χ2n) is 5.75. The molecular formula is C17H19NOS. The predicted octanol–water partition coefficient (Wildman–Crippen LogP) is 3.56. The lowest BCUT2D eigenvalue weighted by Crippen LogP contribution is -2.26. The normalized spacial score (nSPS) is 16.1. The van der Waals surface area contributed by atoms with Gasteiger partial charge in [0.25, 0.3) is 0 Å². The number of hydrogen-bond donors (Lipinski definition) is 2. The van der Waals surface area contributed by atoms with Crippen LogP contribution in [0.25, 0.3) is 10.8 Å². The second kappa shape index (κ2) is 5.49. The van der Waals surface area contributed by atoms with Crippen molar-refractivity contribution in [3.8, 4) is 0 Å². The minimum absolute atomic E-state index is 0.143. The molecule has 0 aromatic heterocycles. The fourth-order valence-electron chi connectivity index (χ4n) is 2.61. The Hall–Kier alpha value is -1.48. The molecule has 1 N–H and O–H groups in total. The lowest BCUT2D eigenvalue weighted by molar-refractivity contribution is -0.122. The van der Waals surface area contributed by atoms with Crippen molar-refractivity contribution in [2.75, 3.05) is 5.75 Å². The zero-order chi connectivity index (χ0) is 14.0. The molecule has 0 aliphatic heterocycles. The maximum Gasteiger partial charge on any atom is 0.220 e. The van der Waals surface area contributed by atoms with Crippen LogP contribution in [0.15, 0.2) is 42.5 Å². The van der Waals surface area contributed by atoms with Gasteiger partial charge in [-0.2, -0.15) is 12.6 Å². The van der Waals surface area contributed by atoms with Gasteiger partial charge in [-0.05, 0) is 40.3 Å². The maximum atomic E-state index is 12.0. The number of amides is 1. The summed E-state index contributed by atoms with van der Waals surface area (Å²) in [5.41, 5.74) is 1.36. The van der Waals surface area contributed by atoms with E-state index in [0.29, 0.717) is 13.0 Å². The van der Waals surface area contributed by atoms with Gasteiger partial charge in [0.1, 0.15) is 0 Å². The molecule has 104 valence electrons. The number of thiol groups is 1. The molecule has 0 heterocycles. The van der Waals surface area contributed by atoms with Gasteiger partial charge in [-0.25, -0.2) is 0 Å². The van der Waals surface area contributed by atoms with Gasteiger partial charge in [0.05, 0.1) is 0 Å². The third kappa shape index (κ3) is 2.83. The van der Waals surface area contributed by atoms with Crippen molar-refractivity contribution >= 4 is 29.3 Å². The molecule has 3 heteroatoms. The van der Waals surface area contributed by atoms with Crippen LogP contribution in [0, 0.1) is 5.41 Å². The van der Waals surface area contributed by atoms with E-state index in [4.69, 9.17) is 0 Å². The Morgan fingerprint density at radius 3 is 2.65 bits per heavy atom. The molecule has 2 aromatic carbocycles. The van der Waals surface area contributed by atoms with Gasteiger partial charge in [0.2, 0.25) is 5.91 Å². The highest BCUT2D eigenvalue weighted by molar-refractivity contribution is 7.80. The van der Waals surface area contributed by atoms with Crippen LogP contribution in [0.3, 0.4) is 0 Å². The molecule has 0 radical (unpaired) electrons. The SMILES string of the molecule is O=C(CC1(CS)CC1)NCc1cccc2ccccc12. The first-order valence-corrected chi connectivity index (χ1v) is 7.70. The Morgan fingerprint density at radius 1 is 1.15 bits per heavy atom. The minimum atomic E-state index is 0.143. The summed E-state index contributed by atoms with van der Waals surface area (Å²) in [6.45, 7) is 0.600. The van der Waals surface area contributed by atoms with Gasteiger partial charge in [-0.15, -0.1) is 0 Å². The second-order valence-corrected chi connectivity index (χ2v) is 6.07. The number of rotatable bonds is 5. The molecule has 0 saturated heterocycles. The summed E-state index contributed by atoms with van der Waals surface area (Å²) in [7, 11) is 0. The standard InChI is InChI=1S/C17H19NOS/c19-16(10-17(12-20)8-9-17)18-11-14-6-3-5-13-4-1-2-7-15(13)14/h1-7,20H,8-12H2,(H,18,19). The van der Waals surface area contributed by atoms with Crippen LogP contribution < -0.4 is 5.32 Å². The predicted molar refractivity (Wildman–Crippen MR) is 85.9 cm³/mol. The van der Waals surface area contributed by atoms with Crippen LogP contribution in [0.5, 0.6) is 0 Å². The van der Waals surface area contributed by atoms with Gasteiger partial charge >= 0.3 is 0 Å². The van der Waals surface area contributed by atoms with Crippen molar-refractivity contribution in [2.45, 2.75) is 25.8 Å². The summed E-state index contributed by atoms with van der Waals surface area (Å²) in [6.07, 6.45) is 2.89. The van der Waals surface area contributed by atoms with Gasteiger partial charge in [0.15, 0.2) is 0 Å². The number of carbonyl (C=O) groups is 1. The third-order valence-corrected chi connectivity index (χ3v) is 4.85. The van der Waals surface area contributed by atoms with Crippen molar-refractivity contribution in [3.05, 3.63) is 48.0 Å². The van der Waals surface area contributed by atoms with E-state index in [1.165, 1.54) is 16.3 Å². The van der Waals surface area contributed by atoms with Crippen LogP contribution in [0.1, 0.15) is 24.8 Å². The highest BCUT2D eigenvalue weighted by Crippen LogP contribution is 2.49. The lowest BCUT2D eigenvalue weighted by Gasteiger charge is -2.12. The fourth-order valence-corrected chi connectivity index (χ4v) is 3.04. The van der Waals surface area contributed by atoms with E-state index in [2.05, 4.69) is 42.2 Å². The number of benzene rings is 2. The van der Waals surface area contributed by atoms with E-state index in [1.807, 2.05) is 18.2 Å². The lowest BCUT2D eigenvalue weighted by atomic mass is 10.0. The van der Waals surface area contributed by atoms with Gasteiger partial charge in [-0.1, -0.05) is 42.5 Å². The summed E-state index contributed by atoms with van der Waals surface area (Å²) in [5.74, 6) is 0.957. The highest BCUT2D eigenvalue weighted by Gasteiger charge is 2.42. The average molecular weight is 285 g/mol. The summed E-state index contributed by atoms with van der Waals surface area (Å²) >= 11 is 4.34. The van der Waals surface area contributed by atoms with Gasteiger partial charge in [-0.3, -0.25) is 4.79 Å². The zero-order valence-corrected chi connectivity index (χ0v) is 12.3. The first-order valence-electron chi connectivity index (χ1n) is 7.07. The highest BCUT2D eigenvalue weighted by atomic mass is 32.1. The van der Waals surface area contributed by atoms with Crippen molar-refractivity contribution in [2.24, 2.45) is 5.41 Å². The van der Waals surface area contributed by atoms with Crippen molar-refractivity contribution in [1.82, 2.24) is 5.32 Å². The summed E-state index contributed by atoms with van der Waals surface area (Å²) < 4.78 is 0. The van der Waals surface area contributed by atoms with E-state index >= 15 is 0 Å². The van der Waals surface area contributed by atoms with Crippen molar-refractivity contribution in [1.29, 1.82) is 0 Å². The monoisotopic (exact) mass is 285 g/mol. The van der Waals surface area contributed by atoms with Gasteiger partial charge in [0, 0.05) is 13.0 Å². The van der Waals surface area contributed by atoms with Crippen LogP contribution in [-0.4, -0.2) is 11.7 Å². The van der Waals surface area contributed by atoms with E-state index in [9.17, 15) is 4.79 Å². The molecule has 0 spiro atoms. The Bertz CT molecular complexity index is 628. The Kier molecular flexibility index (Phi) is 3.70. The molecular weight excluding hydrogens is 266 g/mol. The van der Waals surface area contributed by atoms with Gasteiger partial charge < -0.3 is 5.32 Å². The molecule has 0 bridgehead atoms. The van der Waals surface area contributed by atoms with Crippen LogP contribution in [0.4, 0.5) is 0 Å². The van der Waals surface area contributed by atoms with Crippen molar-refractivity contribution in [3.63, 3.8) is 0 Å². The molecule has 1 aliphatic rings. The first-order chi connectivity index (χ1) is 9.72. The number of carbonyl (C=O) groups excluding carboxylic acids is 1. The first kappa shape index (κ1) is 13.5. The molecule has 2 nitrogen and oxygen atoms in total. The van der Waals surface area contributed by atoms with Crippen LogP contribution in [0.2, 0.25) is 0 Å². The smallest absolute Gasteiger partial charge is 0.220 e. The number of hydrogen-bond acceptors (Lipinski definition) is 2. The summed E-state index contributed by atoms with van der Waals surface area (Å²) in [4.78, 5) is 12.0. The minimum Gasteiger partial charge on any atom is -0.352 e. The molecule has 2 aromatic rings. The van der Waals surface area contributed by atoms with Crippen molar-refractivity contribution < 1.29 is 4.79 Å². The summed E-state index contributed by atoms with van der Waals surface area (Å²) in [5, 5.41) is 5.48.